The second-order valence-electron chi connectivity index (χ2n) is 7.42. The quantitative estimate of drug-likeness (QED) is 0.664. The van der Waals surface area contributed by atoms with E-state index in [1.807, 2.05) is 42.2 Å². The molecule has 28 heavy (non-hydrogen) atoms. The van der Waals surface area contributed by atoms with Crippen LogP contribution >= 0.6 is 11.3 Å². The third-order valence-electron chi connectivity index (χ3n) is 5.68. The Morgan fingerprint density at radius 1 is 1.25 bits per heavy atom. The van der Waals surface area contributed by atoms with Crippen LogP contribution in [0.3, 0.4) is 0 Å². The molecule has 2 aromatic heterocycles. The van der Waals surface area contributed by atoms with Crippen molar-refractivity contribution in [2.45, 2.75) is 52.1 Å². The van der Waals surface area contributed by atoms with E-state index in [9.17, 15) is 9.59 Å². The van der Waals surface area contributed by atoms with Crippen LogP contribution in [0.4, 0.5) is 0 Å². The molecule has 1 fully saturated rings. The molecule has 3 heterocycles. The number of rotatable bonds is 4. The summed E-state index contributed by atoms with van der Waals surface area (Å²) in [6.45, 7) is 4.94. The monoisotopic (exact) mass is 395 g/mol. The highest BCUT2D eigenvalue weighted by Gasteiger charge is 2.26. The van der Waals surface area contributed by atoms with Gasteiger partial charge in [0.05, 0.1) is 11.7 Å². The summed E-state index contributed by atoms with van der Waals surface area (Å²) in [5.74, 6) is 0.0194. The van der Waals surface area contributed by atoms with Crippen LogP contribution < -0.4 is 5.56 Å². The van der Waals surface area contributed by atoms with E-state index in [0.29, 0.717) is 11.4 Å². The molecule has 1 atom stereocenters. The molecule has 1 aromatic carbocycles. The summed E-state index contributed by atoms with van der Waals surface area (Å²) in [6.07, 6.45) is 5.75. The lowest BCUT2D eigenvalue weighted by molar-refractivity contribution is -0.135. The molecule has 4 rings (SSSR count). The maximum Gasteiger partial charge on any atom is 0.262 e. The molecule has 0 unspecified atom stereocenters. The molecule has 6 heteroatoms. The Bertz CT molecular complexity index is 1050. The Hall–Kier alpha value is -2.47. The Morgan fingerprint density at radius 3 is 2.79 bits per heavy atom. The first-order chi connectivity index (χ1) is 13.6. The number of benzene rings is 1. The summed E-state index contributed by atoms with van der Waals surface area (Å²) in [6, 6.07) is 10.3. The average Bonchev–Trinajstić information content (AvgIpc) is 3.07. The van der Waals surface area contributed by atoms with Crippen LogP contribution in [-0.2, 0) is 11.3 Å². The summed E-state index contributed by atoms with van der Waals surface area (Å²) in [7, 11) is 0. The molecule has 1 amide bonds. The van der Waals surface area contributed by atoms with Crippen LogP contribution in [0.1, 0.15) is 38.2 Å². The van der Waals surface area contributed by atoms with Gasteiger partial charge in [0.25, 0.3) is 5.56 Å². The second kappa shape index (κ2) is 7.87. The molecule has 0 aliphatic carbocycles. The first-order valence-electron chi connectivity index (χ1n) is 9.93. The zero-order valence-electron chi connectivity index (χ0n) is 16.4. The van der Waals surface area contributed by atoms with Crippen molar-refractivity contribution in [1.29, 1.82) is 0 Å². The number of likely N-dealkylation sites (tertiary alicyclic amines) is 1. The molecule has 1 aliphatic rings. The van der Waals surface area contributed by atoms with Crippen molar-refractivity contribution in [1.82, 2.24) is 14.5 Å². The number of aromatic nitrogens is 2. The van der Waals surface area contributed by atoms with Crippen molar-refractivity contribution < 1.29 is 4.79 Å². The predicted octanol–water partition coefficient (Wildman–Crippen LogP) is 4.22. The first-order valence-corrected chi connectivity index (χ1v) is 10.7. The Kier molecular flexibility index (Phi) is 5.31. The lowest BCUT2D eigenvalue weighted by Crippen LogP contribution is -2.45. The zero-order chi connectivity index (χ0) is 19.7. The van der Waals surface area contributed by atoms with Crippen molar-refractivity contribution in [3.63, 3.8) is 0 Å². The van der Waals surface area contributed by atoms with Crippen molar-refractivity contribution in [2.24, 2.45) is 0 Å². The maximum atomic E-state index is 13.1. The first kappa shape index (κ1) is 18.9. The molecular weight excluding hydrogens is 370 g/mol. The fraction of sp³-hybridized carbons (Fsp3) is 0.409. The van der Waals surface area contributed by atoms with Crippen LogP contribution in [0.5, 0.6) is 0 Å². The van der Waals surface area contributed by atoms with Gasteiger partial charge in [-0.05, 0) is 43.7 Å². The van der Waals surface area contributed by atoms with Crippen molar-refractivity contribution in [3.8, 4) is 10.4 Å². The Balaban J connectivity index is 1.67. The molecule has 146 valence electrons. The molecule has 0 N–H and O–H groups in total. The van der Waals surface area contributed by atoms with E-state index in [0.717, 1.165) is 46.6 Å². The SMILES string of the molecule is CC[C@H]1CCCCN1C(=O)Cn1cnc2sc(-c3ccccc3)c(C)c2c1=O. The van der Waals surface area contributed by atoms with Gasteiger partial charge < -0.3 is 4.90 Å². The number of nitrogens with zero attached hydrogens (tertiary/aromatic N) is 3. The summed E-state index contributed by atoms with van der Waals surface area (Å²) in [5, 5.41) is 0.629. The lowest BCUT2D eigenvalue weighted by atomic mass is 10.00. The fourth-order valence-corrected chi connectivity index (χ4v) is 5.27. The van der Waals surface area contributed by atoms with Gasteiger partial charge >= 0.3 is 0 Å². The van der Waals surface area contributed by atoms with Gasteiger partial charge in [-0.25, -0.2) is 4.98 Å². The lowest BCUT2D eigenvalue weighted by Gasteiger charge is -2.35. The van der Waals surface area contributed by atoms with Crippen molar-refractivity contribution in [3.05, 3.63) is 52.6 Å². The number of hydrogen-bond donors (Lipinski definition) is 0. The summed E-state index contributed by atoms with van der Waals surface area (Å²) in [4.78, 5) is 34.2. The van der Waals surface area contributed by atoms with Crippen LogP contribution in [0, 0.1) is 6.92 Å². The topological polar surface area (TPSA) is 55.2 Å². The predicted molar refractivity (Wildman–Crippen MR) is 114 cm³/mol. The van der Waals surface area contributed by atoms with E-state index in [1.165, 1.54) is 28.7 Å². The highest BCUT2D eigenvalue weighted by atomic mass is 32.1. The zero-order valence-corrected chi connectivity index (χ0v) is 17.2. The van der Waals surface area contributed by atoms with Crippen LogP contribution in [0.2, 0.25) is 0 Å². The van der Waals surface area contributed by atoms with E-state index >= 15 is 0 Å². The highest BCUT2D eigenvalue weighted by molar-refractivity contribution is 7.22. The number of aryl methyl sites for hydroxylation is 1. The Morgan fingerprint density at radius 2 is 2.04 bits per heavy atom. The third-order valence-corrected chi connectivity index (χ3v) is 6.93. The maximum absolute atomic E-state index is 13.1. The molecular formula is C22H25N3O2S. The number of hydrogen-bond acceptors (Lipinski definition) is 4. The Labute approximate surface area is 168 Å². The minimum atomic E-state index is -0.126. The minimum Gasteiger partial charge on any atom is -0.338 e. The van der Waals surface area contributed by atoms with E-state index < -0.39 is 0 Å². The van der Waals surface area contributed by atoms with Crippen molar-refractivity contribution >= 4 is 27.5 Å². The molecule has 5 nitrogen and oxygen atoms in total. The number of carbonyl (C=O) groups excluding carboxylic acids is 1. The second-order valence-corrected chi connectivity index (χ2v) is 8.42. The van der Waals surface area contributed by atoms with Gasteiger partial charge in [0.15, 0.2) is 0 Å². The van der Waals surface area contributed by atoms with Gasteiger partial charge in [0.1, 0.15) is 11.4 Å². The average molecular weight is 396 g/mol. The van der Waals surface area contributed by atoms with Crippen LogP contribution in [0.15, 0.2) is 41.5 Å². The number of fused-ring (bicyclic) bond motifs is 1. The number of amides is 1. The summed E-state index contributed by atoms with van der Waals surface area (Å²) in [5.41, 5.74) is 1.90. The molecule has 1 aliphatic heterocycles. The molecule has 0 spiro atoms. The fourth-order valence-electron chi connectivity index (χ4n) is 4.13. The minimum absolute atomic E-state index is 0.0194. The van der Waals surface area contributed by atoms with Gasteiger partial charge in [-0.2, -0.15) is 0 Å². The van der Waals surface area contributed by atoms with Gasteiger partial charge in [-0.1, -0.05) is 37.3 Å². The van der Waals surface area contributed by atoms with Gasteiger partial charge in [0.2, 0.25) is 5.91 Å². The number of piperidine rings is 1. The third kappa shape index (κ3) is 3.37. The molecule has 1 saturated heterocycles. The van der Waals surface area contributed by atoms with E-state index in [-0.39, 0.29) is 18.0 Å². The summed E-state index contributed by atoms with van der Waals surface area (Å²) < 4.78 is 1.47. The number of carbonyl (C=O) groups is 1. The van der Waals surface area contributed by atoms with Gasteiger partial charge in [-0.15, -0.1) is 11.3 Å². The van der Waals surface area contributed by atoms with E-state index in [1.54, 1.807) is 0 Å². The largest absolute Gasteiger partial charge is 0.338 e. The molecule has 0 saturated carbocycles. The highest BCUT2D eigenvalue weighted by Crippen LogP contribution is 2.35. The molecule has 0 bridgehead atoms. The van der Waals surface area contributed by atoms with Crippen LogP contribution in [-0.4, -0.2) is 32.9 Å². The van der Waals surface area contributed by atoms with Crippen LogP contribution in [0.25, 0.3) is 20.7 Å². The van der Waals surface area contributed by atoms with E-state index in [4.69, 9.17) is 0 Å². The molecule has 3 aromatic rings. The van der Waals surface area contributed by atoms with Gasteiger partial charge in [-0.3, -0.25) is 14.2 Å². The standard InChI is InChI=1S/C22H25N3O2S/c1-3-17-11-7-8-12-25(17)18(26)13-24-14-23-21-19(22(24)27)15(2)20(28-21)16-9-5-4-6-10-16/h4-6,9-10,14,17H,3,7-8,11-13H2,1-2H3/t17-/m0/s1. The molecule has 0 radical (unpaired) electrons. The van der Waals surface area contributed by atoms with E-state index in [2.05, 4.69) is 11.9 Å². The van der Waals surface area contributed by atoms with Crippen molar-refractivity contribution in [2.75, 3.05) is 6.54 Å². The summed E-state index contributed by atoms with van der Waals surface area (Å²) >= 11 is 1.53. The number of thiophene rings is 1. The normalized spacial score (nSPS) is 17.2. The smallest absolute Gasteiger partial charge is 0.262 e. The van der Waals surface area contributed by atoms with Gasteiger partial charge in [0, 0.05) is 17.5 Å².